The van der Waals surface area contributed by atoms with Crippen LogP contribution in [0.1, 0.15) is 77.0 Å². The molecule has 0 fully saturated rings. The van der Waals surface area contributed by atoms with Crippen LogP contribution in [0.4, 0.5) is 0 Å². The third kappa shape index (κ3) is 37.8. The zero-order valence-electron chi connectivity index (χ0n) is 39.2. The van der Waals surface area contributed by atoms with E-state index in [4.69, 9.17) is 34.4 Å². The average Bonchev–Trinajstić information content (AvgIpc) is 3.29. The Morgan fingerprint density at radius 3 is 0.531 bits per heavy atom. The largest absolute Gasteiger partial charge is 0.355 e. The van der Waals surface area contributed by atoms with Crippen molar-refractivity contribution in [1.29, 1.82) is 0 Å². The molecule has 0 rings (SSSR count). The monoisotopic (exact) mass is 915 g/mol. The Morgan fingerprint density at radius 2 is 0.391 bits per heavy atom. The van der Waals surface area contributed by atoms with Crippen molar-refractivity contribution < 1.29 is 28.8 Å². The smallest absolute Gasteiger partial charge is 0.221 e. The van der Waals surface area contributed by atoms with Gasteiger partial charge in [0.2, 0.25) is 35.4 Å². The fourth-order valence-electron chi connectivity index (χ4n) is 6.71. The molecule has 0 aromatic rings. The number of nitrogens with two attached hydrogens (primary N) is 6. The molecule has 0 saturated heterocycles. The van der Waals surface area contributed by atoms with Crippen molar-refractivity contribution in [1.82, 2.24) is 51.5 Å². The van der Waals surface area contributed by atoms with Crippen LogP contribution in [0.3, 0.4) is 0 Å². The average molecular weight is 915 g/mol. The summed E-state index contributed by atoms with van der Waals surface area (Å²) in [5.41, 5.74) is 33.3. The van der Waals surface area contributed by atoms with Crippen LogP contribution in [0.25, 0.3) is 0 Å². The van der Waals surface area contributed by atoms with E-state index in [0.717, 1.165) is 77.8 Å². The van der Waals surface area contributed by atoms with Gasteiger partial charge in [0, 0.05) is 156 Å². The summed E-state index contributed by atoms with van der Waals surface area (Å²) in [5, 5.41) is 16.9. The fourth-order valence-corrected chi connectivity index (χ4v) is 6.71. The molecule has 22 heteroatoms. The summed E-state index contributed by atoms with van der Waals surface area (Å²) in [5.74, 6) is -0.412. The Labute approximate surface area is 383 Å². The molecule has 374 valence electrons. The molecule has 0 radical (unpaired) electrons. The van der Waals surface area contributed by atoms with E-state index in [1.807, 2.05) is 0 Å². The van der Waals surface area contributed by atoms with Gasteiger partial charge in [-0.3, -0.25) is 28.8 Å². The highest BCUT2D eigenvalue weighted by Crippen LogP contribution is 2.08. The van der Waals surface area contributed by atoms with Gasteiger partial charge in [-0.25, -0.2) is 0 Å². The van der Waals surface area contributed by atoms with Gasteiger partial charge >= 0.3 is 0 Å². The van der Waals surface area contributed by atoms with Crippen molar-refractivity contribution in [2.24, 2.45) is 34.4 Å². The Morgan fingerprint density at radius 1 is 0.250 bits per heavy atom. The first-order valence-corrected chi connectivity index (χ1v) is 23.7. The summed E-state index contributed by atoms with van der Waals surface area (Å²) >= 11 is 0. The van der Waals surface area contributed by atoms with E-state index in [0.29, 0.717) is 156 Å². The summed E-state index contributed by atoms with van der Waals surface area (Å²) in [6, 6.07) is 0. The maximum atomic E-state index is 12.4. The second kappa shape index (κ2) is 43.3. The molecule has 0 spiro atoms. The SMILES string of the molecule is NCCNC(=O)CCN(CCCCN(CCCCN(CCC(=O)NCCN)CCC(=O)NCCN)CCCCN(CCC(=O)NCCN)CCC(=O)NCCN)CCC(=O)NCCN. The summed E-state index contributed by atoms with van der Waals surface area (Å²) < 4.78 is 0. The minimum Gasteiger partial charge on any atom is -0.355 e. The number of hydrogen-bond acceptors (Lipinski definition) is 16. The van der Waals surface area contributed by atoms with Gasteiger partial charge in [-0.2, -0.15) is 0 Å². The molecular formula is C42H90N16O6. The zero-order chi connectivity index (χ0) is 47.5. The van der Waals surface area contributed by atoms with E-state index in [2.05, 4.69) is 51.5 Å². The molecule has 0 heterocycles. The van der Waals surface area contributed by atoms with Crippen LogP contribution in [0.2, 0.25) is 0 Å². The molecule has 0 aliphatic heterocycles. The molecule has 0 saturated carbocycles. The number of nitrogens with one attached hydrogen (secondary N) is 6. The fraction of sp³-hybridized carbons (Fsp3) is 0.857. The minimum atomic E-state index is -0.0687. The minimum absolute atomic E-state index is 0.0687. The maximum absolute atomic E-state index is 12.4. The van der Waals surface area contributed by atoms with Gasteiger partial charge < -0.3 is 85.9 Å². The van der Waals surface area contributed by atoms with Crippen molar-refractivity contribution >= 4 is 35.4 Å². The van der Waals surface area contributed by atoms with Crippen LogP contribution in [0, 0.1) is 0 Å². The Hall–Kier alpha value is -3.58. The highest BCUT2D eigenvalue weighted by Gasteiger charge is 2.15. The Balaban J connectivity index is 5.70. The lowest BCUT2D eigenvalue weighted by Crippen LogP contribution is -2.37. The molecule has 0 aromatic carbocycles. The highest BCUT2D eigenvalue weighted by atomic mass is 16.2. The standard InChI is InChI=1S/C42H90N16O6/c43-13-19-49-37(59)7-31-56(32-8-38(60)50-20-14-44)28-4-1-25-55(26-2-5-29-57(33-9-39(61)51-21-15-45)34-10-40(62)52-22-16-46)27-3-6-30-58(35-11-41(63)53-23-17-47)36-12-42(64)54-24-18-48/h1-36,43-48H2,(H,49,59)(H,50,60)(H,51,61)(H,52,62)(H,53,63)(H,54,64). The predicted octanol–water partition coefficient (Wildman–Crippen LogP) is -4.68. The topological polar surface area (TPSA) is 344 Å². The summed E-state index contributed by atoms with van der Waals surface area (Å²) in [7, 11) is 0. The molecular weight excluding hydrogens is 825 g/mol. The van der Waals surface area contributed by atoms with Gasteiger partial charge in [-0.1, -0.05) is 0 Å². The molecule has 0 unspecified atom stereocenters. The van der Waals surface area contributed by atoms with E-state index < -0.39 is 0 Å². The summed E-state index contributed by atoms with van der Waals surface area (Å²) in [6.45, 7) is 12.7. The number of nitrogens with zero attached hydrogens (tertiary/aromatic N) is 4. The van der Waals surface area contributed by atoms with E-state index in [1.54, 1.807) is 0 Å². The van der Waals surface area contributed by atoms with Gasteiger partial charge in [-0.15, -0.1) is 0 Å². The second-order valence-electron chi connectivity index (χ2n) is 15.8. The number of amides is 6. The second-order valence-corrected chi connectivity index (χ2v) is 15.8. The highest BCUT2D eigenvalue weighted by molar-refractivity contribution is 5.78. The van der Waals surface area contributed by atoms with E-state index >= 15 is 0 Å². The van der Waals surface area contributed by atoms with Crippen LogP contribution in [0.15, 0.2) is 0 Å². The molecule has 18 N–H and O–H groups in total. The maximum Gasteiger partial charge on any atom is 0.221 e. The predicted molar refractivity (Wildman–Crippen MR) is 254 cm³/mol. The van der Waals surface area contributed by atoms with Crippen LogP contribution >= 0.6 is 0 Å². The number of unbranched alkanes of at least 4 members (excludes halogenated alkanes) is 3. The molecule has 22 nitrogen and oxygen atoms in total. The van der Waals surface area contributed by atoms with Crippen molar-refractivity contribution in [2.45, 2.75) is 77.0 Å². The molecule has 0 bridgehead atoms. The summed E-state index contributed by atoms with van der Waals surface area (Å²) in [4.78, 5) is 83.2. The molecule has 0 aliphatic rings. The van der Waals surface area contributed by atoms with Crippen molar-refractivity contribution in [3.63, 3.8) is 0 Å². The van der Waals surface area contributed by atoms with Crippen LogP contribution in [-0.4, -0.2) is 212 Å². The zero-order valence-corrected chi connectivity index (χ0v) is 39.2. The van der Waals surface area contributed by atoms with Crippen molar-refractivity contribution in [3.05, 3.63) is 0 Å². The van der Waals surface area contributed by atoms with E-state index in [-0.39, 0.29) is 35.4 Å². The van der Waals surface area contributed by atoms with Crippen LogP contribution < -0.4 is 66.3 Å². The lowest BCUT2D eigenvalue weighted by Gasteiger charge is -2.26. The molecule has 0 aliphatic carbocycles. The molecule has 6 amide bonds. The van der Waals surface area contributed by atoms with E-state index in [9.17, 15) is 28.8 Å². The molecule has 0 aromatic heterocycles. The van der Waals surface area contributed by atoms with Gasteiger partial charge in [0.15, 0.2) is 0 Å². The third-order valence-corrected chi connectivity index (χ3v) is 10.3. The quantitative estimate of drug-likeness (QED) is 0.0256. The first-order chi connectivity index (χ1) is 31.0. The molecule has 0 atom stereocenters. The van der Waals surface area contributed by atoms with Crippen molar-refractivity contribution in [2.75, 3.05) is 157 Å². The lowest BCUT2D eigenvalue weighted by atomic mass is 10.2. The van der Waals surface area contributed by atoms with Gasteiger partial charge in [0.25, 0.3) is 0 Å². The Bertz CT molecular complexity index is 1010. The number of hydrogen-bond donors (Lipinski definition) is 12. The Kier molecular flexibility index (Phi) is 40.9. The first kappa shape index (κ1) is 60.4. The lowest BCUT2D eigenvalue weighted by molar-refractivity contribution is -0.123. The third-order valence-electron chi connectivity index (χ3n) is 10.3. The summed E-state index contributed by atoms with van der Waals surface area (Å²) in [6.07, 6.45) is 7.29. The van der Waals surface area contributed by atoms with Gasteiger partial charge in [0.05, 0.1) is 0 Å². The van der Waals surface area contributed by atoms with Crippen molar-refractivity contribution in [3.8, 4) is 0 Å². The molecule has 64 heavy (non-hydrogen) atoms. The van der Waals surface area contributed by atoms with Crippen LogP contribution in [-0.2, 0) is 28.8 Å². The van der Waals surface area contributed by atoms with E-state index in [1.165, 1.54) is 0 Å². The van der Waals surface area contributed by atoms with Gasteiger partial charge in [-0.05, 0) is 77.8 Å². The normalized spacial score (nSPS) is 11.3. The first-order valence-electron chi connectivity index (χ1n) is 23.7. The number of rotatable bonds is 45. The van der Waals surface area contributed by atoms with Crippen LogP contribution in [0.5, 0.6) is 0 Å². The van der Waals surface area contributed by atoms with Gasteiger partial charge in [0.1, 0.15) is 0 Å². The number of carbonyl (C=O) groups is 6. The number of carbonyl (C=O) groups excluding carboxylic acids is 6.